The Balaban J connectivity index is 2.22. The molecule has 0 spiro atoms. The first kappa shape index (κ1) is 17.3. The van der Waals surface area contributed by atoms with Crippen molar-refractivity contribution < 1.29 is 18.0 Å². The number of hydrogen-bond donors (Lipinski definition) is 0. The fourth-order valence-electron chi connectivity index (χ4n) is 2.65. The fraction of sp³-hybridized carbons (Fsp3) is 0.714. The van der Waals surface area contributed by atoms with Crippen LogP contribution in [0.1, 0.15) is 44.1 Å². The number of piperidine rings is 1. The fourth-order valence-corrected chi connectivity index (χ4v) is 3.14. The lowest BCUT2D eigenvalue weighted by atomic mass is 9.99. The number of alkyl halides is 3. The van der Waals surface area contributed by atoms with Crippen molar-refractivity contribution >= 4 is 21.8 Å². The van der Waals surface area contributed by atoms with Crippen LogP contribution in [0.15, 0.2) is 4.47 Å². The molecule has 8 heteroatoms. The lowest BCUT2D eigenvalue weighted by Gasteiger charge is -2.32. The van der Waals surface area contributed by atoms with Gasteiger partial charge in [-0.05, 0) is 48.5 Å². The van der Waals surface area contributed by atoms with Crippen molar-refractivity contribution in [1.29, 1.82) is 0 Å². The van der Waals surface area contributed by atoms with Crippen molar-refractivity contribution in [3.8, 4) is 0 Å². The Hall–Kier alpha value is -1.05. The van der Waals surface area contributed by atoms with Crippen LogP contribution in [0.3, 0.4) is 0 Å². The molecule has 0 bridgehead atoms. The summed E-state index contributed by atoms with van der Waals surface area (Å²) in [6.45, 7) is 6.55. The zero-order valence-electron chi connectivity index (χ0n) is 12.7. The van der Waals surface area contributed by atoms with E-state index < -0.39 is 17.9 Å². The molecule has 1 aromatic rings. The van der Waals surface area contributed by atoms with E-state index in [9.17, 15) is 18.0 Å². The molecule has 0 unspecified atom stereocenters. The molecule has 1 fully saturated rings. The van der Waals surface area contributed by atoms with Gasteiger partial charge in [-0.1, -0.05) is 6.92 Å². The van der Waals surface area contributed by atoms with Gasteiger partial charge in [-0.3, -0.25) is 9.48 Å². The average Bonchev–Trinajstić information content (AvgIpc) is 2.74. The monoisotopic (exact) mass is 381 g/mol. The maximum Gasteiger partial charge on any atom is 0.436 e. The molecule has 2 heterocycles. The summed E-state index contributed by atoms with van der Waals surface area (Å²) in [6, 6.07) is -0.749. The minimum Gasteiger partial charge on any atom is -0.341 e. The first-order valence-electron chi connectivity index (χ1n) is 7.23. The summed E-state index contributed by atoms with van der Waals surface area (Å²) in [7, 11) is 0. The zero-order valence-corrected chi connectivity index (χ0v) is 14.3. The standard InChI is InChI=1S/C14H19BrF3N3O/c1-8-4-6-20(7-5-8)13(22)10(3)21-9(2)11(15)12(19-21)14(16,17)18/h8,10H,4-7H2,1-3H3/t10-/m0/s1. The summed E-state index contributed by atoms with van der Waals surface area (Å²) < 4.78 is 39.8. The molecule has 0 radical (unpaired) electrons. The molecule has 22 heavy (non-hydrogen) atoms. The molecule has 0 aromatic carbocycles. The summed E-state index contributed by atoms with van der Waals surface area (Å²) in [6.07, 6.45) is -2.69. The molecule has 1 aliphatic rings. The minimum absolute atomic E-state index is 0.105. The molecule has 0 aliphatic carbocycles. The number of carbonyl (C=O) groups excluding carboxylic acids is 1. The highest BCUT2D eigenvalue weighted by molar-refractivity contribution is 9.10. The molecule has 1 saturated heterocycles. The number of amides is 1. The number of rotatable bonds is 2. The van der Waals surface area contributed by atoms with Crippen LogP contribution in [0.2, 0.25) is 0 Å². The van der Waals surface area contributed by atoms with Crippen LogP contribution >= 0.6 is 15.9 Å². The number of halogens is 4. The molecular formula is C14H19BrF3N3O. The van der Waals surface area contributed by atoms with Crippen molar-refractivity contribution in [2.45, 2.75) is 45.8 Å². The average molecular weight is 382 g/mol. The van der Waals surface area contributed by atoms with Crippen LogP contribution in [0.25, 0.3) is 0 Å². The van der Waals surface area contributed by atoms with Crippen LogP contribution in [-0.2, 0) is 11.0 Å². The number of aromatic nitrogens is 2. The van der Waals surface area contributed by atoms with Crippen LogP contribution in [0, 0.1) is 12.8 Å². The van der Waals surface area contributed by atoms with Gasteiger partial charge in [0.25, 0.3) is 0 Å². The Labute approximate surface area is 135 Å². The number of likely N-dealkylation sites (tertiary alicyclic amines) is 1. The Morgan fingerprint density at radius 3 is 2.36 bits per heavy atom. The van der Waals surface area contributed by atoms with Gasteiger partial charge >= 0.3 is 6.18 Å². The van der Waals surface area contributed by atoms with E-state index in [4.69, 9.17) is 0 Å². The van der Waals surface area contributed by atoms with E-state index in [1.165, 1.54) is 6.92 Å². The van der Waals surface area contributed by atoms with E-state index >= 15 is 0 Å². The van der Waals surface area contributed by atoms with Gasteiger partial charge in [0.1, 0.15) is 6.04 Å². The number of nitrogens with zero attached hydrogens (tertiary/aromatic N) is 3. The number of hydrogen-bond acceptors (Lipinski definition) is 2. The van der Waals surface area contributed by atoms with E-state index in [0.29, 0.717) is 24.7 Å². The molecule has 1 aliphatic heterocycles. The van der Waals surface area contributed by atoms with Gasteiger partial charge in [-0.25, -0.2) is 0 Å². The molecule has 124 valence electrons. The summed E-state index contributed by atoms with van der Waals surface area (Å²) >= 11 is 2.93. The quantitative estimate of drug-likeness (QED) is 0.781. The molecular weight excluding hydrogens is 363 g/mol. The van der Waals surface area contributed by atoms with Crippen molar-refractivity contribution in [2.24, 2.45) is 5.92 Å². The van der Waals surface area contributed by atoms with E-state index in [0.717, 1.165) is 17.5 Å². The lowest BCUT2D eigenvalue weighted by molar-refractivity contribution is -0.143. The normalized spacial score (nSPS) is 18.6. The summed E-state index contributed by atoms with van der Waals surface area (Å²) in [4.78, 5) is 14.2. The van der Waals surface area contributed by atoms with Crippen molar-refractivity contribution in [1.82, 2.24) is 14.7 Å². The molecule has 4 nitrogen and oxygen atoms in total. The smallest absolute Gasteiger partial charge is 0.341 e. The van der Waals surface area contributed by atoms with E-state index in [1.54, 1.807) is 11.8 Å². The van der Waals surface area contributed by atoms with Gasteiger partial charge in [0.2, 0.25) is 5.91 Å². The SMILES string of the molecule is Cc1c(Br)c(C(F)(F)F)nn1[C@@H](C)C(=O)N1CCC(C)CC1. The first-order chi connectivity index (χ1) is 10.1. The maximum absolute atomic E-state index is 12.9. The first-order valence-corrected chi connectivity index (χ1v) is 8.02. The maximum atomic E-state index is 12.9. The topological polar surface area (TPSA) is 38.1 Å². The Morgan fingerprint density at radius 1 is 1.36 bits per heavy atom. The largest absolute Gasteiger partial charge is 0.436 e. The van der Waals surface area contributed by atoms with Gasteiger partial charge in [-0.15, -0.1) is 0 Å². The highest BCUT2D eigenvalue weighted by Crippen LogP contribution is 2.36. The predicted molar refractivity (Wildman–Crippen MR) is 79.4 cm³/mol. The third kappa shape index (κ3) is 3.31. The number of carbonyl (C=O) groups is 1. The van der Waals surface area contributed by atoms with Crippen LogP contribution < -0.4 is 0 Å². The second-order valence-electron chi connectivity index (χ2n) is 5.87. The highest BCUT2D eigenvalue weighted by atomic mass is 79.9. The highest BCUT2D eigenvalue weighted by Gasteiger charge is 2.39. The third-order valence-electron chi connectivity index (χ3n) is 4.16. The van der Waals surface area contributed by atoms with Gasteiger partial charge < -0.3 is 4.90 Å². The van der Waals surface area contributed by atoms with Crippen LogP contribution in [-0.4, -0.2) is 33.7 Å². The minimum atomic E-state index is -4.54. The Kier molecular flexibility index (Phi) is 4.89. The van der Waals surface area contributed by atoms with Crippen molar-refractivity contribution in [2.75, 3.05) is 13.1 Å². The summed E-state index contributed by atoms with van der Waals surface area (Å²) in [5.74, 6) is 0.399. The van der Waals surface area contributed by atoms with Crippen molar-refractivity contribution in [3.63, 3.8) is 0 Å². The lowest BCUT2D eigenvalue weighted by Crippen LogP contribution is -2.41. The van der Waals surface area contributed by atoms with E-state index in [-0.39, 0.29) is 10.4 Å². The summed E-state index contributed by atoms with van der Waals surface area (Å²) in [5.41, 5.74) is -0.685. The molecule has 1 atom stereocenters. The second kappa shape index (κ2) is 6.22. The molecule has 1 amide bonds. The van der Waals surface area contributed by atoms with Gasteiger partial charge in [0.05, 0.1) is 10.2 Å². The van der Waals surface area contributed by atoms with Gasteiger partial charge in [-0.2, -0.15) is 18.3 Å². The van der Waals surface area contributed by atoms with Crippen molar-refractivity contribution in [3.05, 3.63) is 15.9 Å². The predicted octanol–water partition coefficient (Wildman–Crippen LogP) is 3.79. The van der Waals surface area contributed by atoms with E-state index in [1.807, 2.05) is 0 Å². The Bertz CT molecular complexity index is 562. The summed E-state index contributed by atoms with van der Waals surface area (Å²) in [5, 5.41) is 3.61. The van der Waals surface area contributed by atoms with E-state index in [2.05, 4.69) is 28.0 Å². The molecule has 0 N–H and O–H groups in total. The molecule has 2 rings (SSSR count). The third-order valence-corrected chi connectivity index (χ3v) is 5.11. The zero-order chi connectivity index (χ0) is 16.7. The van der Waals surface area contributed by atoms with Gasteiger partial charge in [0, 0.05) is 13.1 Å². The second-order valence-corrected chi connectivity index (χ2v) is 6.67. The van der Waals surface area contributed by atoms with Crippen LogP contribution in [0.5, 0.6) is 0 Å². The molecule has 1 aromatic heterocycles. The van der Waals surface area contributed by atoms with Gasteiger partial charge in [0.15, 0.2) is 5.69 Å². The van der Waals surface area contributed by atoms with Crippen LogP contribution in [0.4, 0.5) is 13.2 Å². The molecule has 0 saturated carbocycles. The Morgan fingerprint density at radius 2 is 1.91 bits per heavy atom.